The summed E-state index contributed by atoms with van der Waals surface area (Å²) in [4.78, 5) is 0. The molecule has 0 amide bonds. The van der Waals surface area contributed by atoms with Gasteiger partial charge >= 0.3 is 0 Å². The van der Waals surface area contributed by atoms with Crippen LogP contribution in [0.1, 0.15) is 142 Å². The van der Waals surface area contributed by atoms with E-state index in [1.165, 1.54) is 128 Å². The van der Waals surface area contributed by atoms with Crippen LogP contribution in [0.2, 0.25) is 0 Å². The van der Waals surface area contributed by atoms with E-state index in [0.29, 0.717) is 5.92 Å². The maximum absolute atomic E-state index is 10.2. The molecule has 0 aromatic heterocycles. The Morgan fingerprint density at radius 1 is 0.633 bits per heavy atom. The van der Waals surface area contributed by atoms with Crippen LogP contribution in [0.4, 0.5) is 0 Å². The van der Waals surface area contributed by atoms with Crippen LogP contribution in [-0.2, 0) is 0 Å². The Kier molecular flexibility index (Phi) is 10.1. The van der Waals surface area contributed by atoms with E-state index in [1.54, 1.807) is 0 Å². The summed E-state index contributed by atoms with van der Waals surface area (Å²) in [5, 5.41) is 10.2. The Labute approximate surface area is 188 Å². The van der Waals surface area contributed by atoms with Crippen molar-refractivity contribution in [2.45, 2.75) is 142 Å². The number of nitrogens with zero attached hydrogens (tertiary/aromatic N) is 1. The van der Waals surface area contributed by atoms with Gasteiger partial charge < -0.3 is 0 Å². The molecule has 0 spiro atoms. The number of hydrogen-bond acceptors (Lipinski definition) is 1. The van der Waals surface area contributed by atoms with Gasteiger partial charge in [-0.25, -0.2) is 0 Å². The average molecular weight is 414 g/mol. The van der Waals surface area contributed by atoms with E-state index < -0.39 is 0 Å². The summed E-state index contributed by atoms with van der Waals surface area (Å²) in [6, 6.07) is 2.92. The van der Waals surface area contributed by atoms with Crippen LogP contribution in [0.15, 0.2) is 0 Å². The van der Waals surface area contributed by atoms with E-state index in [2.05, 4.69) is 19.9 Å². The summed E-state index contributed by atoms with van der Waals surface area (Å²) in [6.45, 7) is 4.63. The number of unbranched alkanes of at least 4 members (excludes halogenated alkanes) is 4. The lowest BCUT2D eigenvalue weighted by Crippen LogP contribution is -2.38. The third-order valence-corrected chi connectivity index (χ3v) is 9.76. The highest BCUT2D eigenvalue weighted by Crippen LogP contribution is 2.52. The van der Waals surface area contributed by atoms with Crippen LogP contribution in [-0.4, -0.2) is 0 Å². The second-order valence-electron chi connectivity index (χ2n) is 11.6. The van der Waals surface area contributed by atoms with Crippen LogP contribution in [0.3, 0.4) is 0 Å². The van der Waals surface area contributed by atoms with Gasteiger partial charge in [0, 0.05) is 0 Å². The van der Waals surface area contributed by atoms with Crippen LogP contribution in [0.25, 0.3) is 0 Å². The molecule has 3 aliphatic carbocycles. The molecule has 0 saturated heterocycles. The second-order valence-corrected chi connectivity index (χ2v) is 11.6. The first-order chi connectivity index (χ1) is 14.7. The monoisotopic (exact) mass is 413 g/mol. The van der Waals surface area contributed by atoms with Crippen molar-refractivity contribution < 1.29 is 0 Å². The standard InChI is InChI=1S/C29H51N/c1-3-5-7-8-10-25-13-17-28(18-14-25)29(23-30)21-19-27(20-22-29)26-15-11-24(12-16-26)9-6-4-2/h24-28H,3-22H2,1-2H3/t24?,25?,26?,27-,28?,29-. The van der Waals surface area contributed by atoms with E-state index >= 15 is 0 Å². The van der Waals surface area contributed by atoms with Crippen molar-refractivity contribution in [3.05, 3.63) is 0 Å². The SMILES string of the molecule is CCCCCCC1CCC([C@]2(C#N)CC[C@@H](C3CCC(CCCC)CC3)CC2)CC1. The Hall–Kier alpha value is -0.510. The first-order valence-corrected chi connectivity index (χ1v) is 14.1. The van der Waals surface area contributed by atoms with E-state index in [9.17, 15) is 5.26 Å². The van der Waals surface area contributed by atoms with Crippen molar-refractivity contribution in [2.75, 3.05) is 0 Å². The maximum Gasteiger partial charge on any atom is 0.0692 e. The van der Waals surface area contributed by atoms with Gasteiger partial charge in [0.15, 0.2) is 0 Å². The fourth-order valence-electron chi connectivity index (χ4n) is 7.54. The van der Waals surface area contributed by atoms with Crippen LogP contribution in [0, 0.1) is 46.3 Å². The molecule has 0 heterocycles. The molecule has 3 rings (SSSR count). The molecule has 3 saturated carbocycles. The van der Waals surface area contributed by atoms with Gasteiger partial charge in [-0.2, -0.15) is 5.26 Å². The molecular formula is C29H51N. The first kappa shape index (κ1) is 24.1. The Morgan fingerprint density at radius 3 is 1.73 bits per heavy atom. The quantitative estimate of drug-likeness (QED) is 0.327. The van der Waals surface area contributed by atoms with Gasteiger partial charge in [0.05, 0.1) is 11.5 Å². The van der Waals surface area contributed by atoms with Gasteiger partial charge in [0.1, 0.15) is 0 Å². The molecule has 1 heteroatoms. The molecule has 1 nitrogen and oxygen atoms in total. The van der Waals surface area contributed by atoms with E-state index in [1.807, 2.05) is 0 Å². The van der Waals surface area contributed by atoms with Crippen molar-refractivity contribution in [1.29, 1.82) is 5.26 Å². The molecule has 30 heavy (non-hydrogen) atoms. The molecule has 0 aromatic rings. The minimum absolute atomic E-state index is 0.0437. The predicted octanol–water partition coefficient (Wildman–Crippen LogP) is 9.46. The van der Waals surface area contributed by atoms with E-state index in [-0.39, 0.29) is 5.41 Å². The van der Waals surface area contributed by atoms with Gasteiger partial charge in [-0.1, -0.05) is 90.9 Å². The molecule has 0 unspecified atom stereocenters. The third kappa shape index (κ3) is 6.50. The molecule has 0 bridgehead atoms. The lowest BCUT2D eigenvalue weighted by molar-refractivity contribution is 0.0601. The van der Waals surface area contributed by atoms with Crippen molar-refractivity contribution in [3.8, 4) is 6.07 Å². The molecule has 3 fully saturated rings. The van der Waals surface area contributed by atoms with Crippen molar-refractivity contribution in [3.63, 3.8) is 0 Å². The third-order valence-electron chi connectivity index (χ3n) is 9.76. The first-order valence-electron chi connectivity index (χ1n) is 14.1. The highest BCUT2D eigenvalue weighted by Gasteiger charge is 2.44. The molecular weight excluding hydrogens is 362 g/mol. The Bertz CT molecular complexity index is 493. The molecule has 0 aromatic carbocycles. The largest absolute Gasteiger partial charge is 0.198 e. The van der Waals surface area contributed by atoms with Gasteiger partial charge in [0.25, 0.3) is 0 Å². The van der Waals surface area contributed by atoms with E-state index in [4.69, 9.17) is 0 Å². The number of hydrogen-bond donors (Lipinski definition) is 0. The summed E-state index contributed by atoms with van der Waals surface area (Å²) in [5.41, 5.74) is 0.0437. The topological polar surface area (TPSA) is 23.8 Å². The van der Waals surface area contributed by atoms with Gasteiger partial charge in [0.2, 0.25) is 0 Å². The summed E-state index contributed by atoms with van der Waals surface area (Å²) in [5.74, 6) is 4.63. The smallest absolute Gasteiger partial charge is 0.0692 e. The molecule has 0 atom stereocenters. The van der Waals surface area contributed by atoms with Crippen LogP contribution in [0.5, 0.6) is 0 Å². The number of rotatable bonds is 10. The molecule has 172 valence electrons. The van der Waals surface area contributed by atoms with Crippen molar-refractivity contribution in [1.82, 2.24) is 0 Å². The summed E-state index contributed by atoms with van der Waals surface area (Å²) in [7, 11) is 0. The van der Waals surface area contributed by atoms with Gasteiger partial charge in [-0.15, -0.1) is 0 Å². The molecule has 3 aliphatic rings. The normalized spacial score (nSPS) is 37.6. The lowest BCUT2D eigenvalue weighted by atomic mass is 9.57. The number of nitriles is 1. The van der Waals surface area contributed by atoms with Crippen LogP contribution >= 0.6 is 0 Å². The lowest BCUT2D eigenvalue weighted by Gasteiger charge is -2.46. The second kappa shape index (κ2) is 12.5. The Balaban J connectivity index is 1.40. The van der Waals surface area contributed by atoms with Gasteiger partial charge in [-0.05, 0) is 81.0 Å². The molecule has 0 radical (unpaired) electrons. The molecule has 0 N–H and O–H groups in total. The fraction of sp³-hybridized carbons (Fsp3) is 0.966. The van der Waals surface area contributed by atoms with E-state index in [0.717, 1.165) is 23.7 Å². The zero-order valence-electron chi connectivity index (χ0n) is 20.5. The predicted molar refractivity (Wildman–Crippen MR) is 129 cm³/mol. The minimum atomic E-state index is 0.0437. The zero-order chi connectivity index (χ0) is 21.2. The van der Waals surface area contributed by atoms with Crippen LogP contribution < -0.4 is 0 Å². The summed E-state index contributed by atoms with van der Waals surface area (Å²) >= 11 is 0. The van der Waals surface area contributed by atoms with Crippen molar-refractivity contribution in [2.24, 2.45) is 35.0 Å². The minimum Gasteiger partial charge on any atom is -0.198 e. The molecule has 0 aliphatic heterocycles. The highest BCUT2D eigenvalue weighted by molar-refractivity contribution is 5.06. The van der Waals surface area contributed by atoms with Gasteiger partial charge in [-0.3, -0.25) is 0 Å². The fourth-order valence-corrected chi connectivity index (χ4v) is 7.54. The van der Waals surface area contributed by atoms with Crippen molar-refractivity contribution >= 4 is 0 Å². The highest BCUT2D eigenvalue weighted by atomic mass is 14.5. The zero-order valence-corrected chi connectivity index (χ0v) is 20.5. The summed E-state index contributed by atoms with van der Waals surface area (Å²) in [6.07, 6.45) is 28.0. The maximum atomic E-state index is 10.2. The average Bonchev–Trinajstić information content (AvgIpc) is 2.81. The Morgan fingerprint density at radius 2 is 1.17 bits per heavy atom. The summed E-state index contributed by atoms with van der Waals surface area (Å²) < 4.78 is 0.